The van der Waals surface area contributed by atoms with Gasteiger partial charge >= 0.3 is 0 Å². The van der Waals surface area contributed by atoms with E-state index in [2.05, 4.69) is 11.6 Å². The Bertz CT molecular complexity index is 305. The normalized spacial score (nSPS) is 19.6. The van der Waals surface area contributed by atoms with Crippen molar-refractivity contribution >= 4 is 22.6 Å². The van der Waals surface area contributed by atoms with Crippen molar-refractivity contribution in [3.8, 4) is 0 Å². The third-order valence-electron chi connectivity index (χ3n) is 1.56. The molecule has 4 heteroatoms. The van der Waals surface area contributed by atoms with Crippen LogP contribution in [0.5, 0.6) is 0 Å². The smallest absolute Gasteiger partial charge is 0.165 e. The number of carbonyl (C=O) groups excluding carboxylic acids is 1. The van der Waals surface area contributed by atoms with Gasteiger partial charge in [0.15, 0.2) is 5.78 Å². The zero-order valence-corrected chi connectivity index (χ0v) is 8.23. The molecule has 0 spiro atoms. The lowest BCUT2D eigenvalue weighted by molar-refractivity contribution is -0.113. The Morgan fingerprint density at radius 3 is 3.08 bits per heavy atom. The van der Waals surface area contributed by atoms with Gasteiger partial charge in [-0.05, 0) is 6.92 Å². The number of Topliss-reactive ketones (excluding diaryl/α,β-unsaturated/α-hetero) is 1. The summed E-state index contributed by atoms with van der Waals surface area (Å²) in [6, 6.07) is 0. The molecule has 70 valence electrons. The summed E-state index contributed by atoms with van der Waals surface area (Å²) in [6.07, 6.45) is 1.65. The van der Waals surface area contributed by atoms with Gasteiger partial charge in [0.2, 0.25) is 0 Å². The van der Waals surface area contributed by atoms with Crippen molar-refractivity contribution in [3.63, 3.8) is 0 Å². The number of rotatable bonds is 3. The first-order chi connectivity index (χ1) is 6.16. The van der Waals surface area contributed by atoms with E-state index in [4.69, 9.17) is 0 Å². The molecule has 1 rings (SSSR count). The second-order valence-electron chi connectivity index (χ2n) is 2.60. The molecule has 1 aliphatic heterocycles. The summed E-state index contributed by atoms with van der Waals surface area (Å²) < 4.78 is 0. The minimum Gasteiger partial charge on any atom is -0.511 e. The van der Waals surface area contributed by atoms with Crippen molar-refractivity contribution in [2.75, 3.05) is 12.3 Å². The molecule has 0 aromatic rings. The maximum Gasteiger partial charge on any atom is 0.165 e. The molecule has 0 atom stereocenters. The lowest BCUT2D eigenvalue weighted by Gasteiger charge is -1.97. The van der Waals surface area contributed by atoms with Crippen molar-refractivity contribution in [2.45, 2.75) is 6.92 Å². The van der Waals surface area contributed by atoms with Gasteiger partial charge in [-0.25, -0.2) is 0 Å². The molecule has 0 fully saturated rings. The third-order valence-corrected chi connectivity index (χ3v) is 2.59. The van der Waals surface area contributed by atoms with Crippen LogP contribution in [0.3, 0.4) is 0 Å². The molecule has 0 radical (unpaired) electrons. The quantitative estimate of drug-likeness (QED) is 0.701. The second-order valence-corrected chi connectivity index (χ2v) is 3.57. The molecule has 0 aliphatic carbocycles. The van der Waals surface area contributed by atoms with Gasteiger partial charge in [0, 0.05) is 0 Å². The average molecular weight is 197 g/mol. The number of carbonyl (C=O) groups is 1. The van der Waals surface area contributed by atoms with Crippen LogP contribution in [-0.4, -0.2) is 28.2 Å². The summed E-state index contributed by atoms with van der Waals surface area (Å²) in [5.41, 5.74) is 0.367. The maximum absolute atomic E-state index is 11.1. The van der Waals surface area contributed by atoms with Gasteiger partial charge in [-0.1, -0.05) is 17.8 Å². The minimum absolute atomic E-state index is 0.134. The van der Waals surface area contributed by atoms with Crippen molar-refractivity contribution < 1.29 is 9.90 Å². The largest absolute Gasteiger partial charge is 0.511 e. The van der Waals surface area contributed by atoms with Gasteiger partial charge in [0.1, 0.15) is 10.8 Å². The minimum atomic E-state index is -0.134. The molecular formula is C9H11NO2S. The van der Waals surface area contributed by atoms with E-state index >= 15 is 0 Å². The fourth-order valence-electron chi connectivity index (χ4n) is 1.03. The molecule has 0 saturated heterocycles. The van der Waals surface area contributed by atoms with Gasteiger partial charge in [-0.3, -0.25) is 9.79 Å². The molecule has 0 unspecified atom stereocenters. The van der Waals surface area contributed by atoms with E-state index in [0.29, 0.717) is 22.9 Å². The Morgan fingerprint density at radius 1 is 1.85 bits per heavy atom. The molecule has 1 heterocycles. The first-order valence-corrected chi connectivity index (χ1v) is 4.87. The van der Waals surface area contributed by atoms with Gasteiger partial charge in [0.25, 0.3) is 0 Å². The van der Waals surface area contributed by atoms with Gasteiger partial charge in [-0.2, -0.15) is 0 Å². The molecule has 13 heavy (non-hydrogen) atoms. The van der Waals surface area contributed by atoms with Gasteiger partial charge in [-0.15, -0.1) is 6.58 Å². The highest BCUT2D eigenvalue weighted by Crippen LogP contribution is 2.26. The zero-order chi connectivity index (χ0) is 9.84. The highest BCUT2D eigenvalue weighted by molar-refractivity contribution is 8.15. The summed E-state index contributed by atoms with van der Waals surface area (Å²) in [4.78, 5) is 15.2. The molecule has 1 aliphatic rings. The van der Waals surface area contributed by atoms with Crippen molar-refractivity contribution in [1.29, 1.82) is 0 Å². The average Bonchev–Trinajstić information content (AvgIpc) is 2.43. The van der Waals surface area contributed by atoms with E-state index in [1.54, 1.807) is 6.08 Å². The Kier molecular flexibility index (Phi) is 3.31. The van der Waals surface area contributed by atoms with E-state index in [1.165, 1.54) is 18.7 Å². The molecule has 0 aromatic carbocycles. The monoisotopic (exact) mass is 197 g/mol. The fraction of sp³-hybridized carbons (Fsp3) is 0.333. The topological polar surface area (TPSA) is 49.7 Å². The number of nitrogens with zero attached hydrogens (tertiary/aromatic N) is 1. The van der Waals surface area contributed by atoms with Crippen LogP contribution >= 0.6 is 11.8 Å². The van der Waals surface area contributed by atoms with Crippen molar-refractivity contribution in [2.24, 2.45) is 4.99 Å². The fourth-order valence-corrected chi connectivity index (χ4v) is 2.02. The highest BCUT2D eigenvalue weighted by atomic mass is 32.2. The summed E-state index contributed by atoms with van der Waals surface area (Å²) in [7, 11) is 0. The zero-order valence-electron chi connectivity index (χ0n) is 7.41. The van der Waals surface area contributed by atoms with E-state index in [1.807, 2.05) is 0 Å². The number of ketones is 1. The van der Waals surface area contributed by atoms with Crippen LogP contribution in [0, 0.1) is 0 Å². The van der Waals surface area contributed by atoms with Gasteiger partial charge < -0.3 is 5.11 Å². The molecule has 0 saturated carbocycles. The number of aliphatic hydroxyl groups is 1. The van der Waals surface area contributed by atoms with Crippen LogP contribution in [-0.2, 0) is 4.79 Å². The number of hydrogen-bond donors (Lipinski definition) is 1. The van der Waals surface area contributed by atoms with Crippen LogP contribution < -0.4 is 0 Å². The summed E-state index contributed by atoms with van der Waals surface area (Å²) >= 11 is 1.38. The molecule has 1 N–H and O–H groups in total. The van der Waals surface area contributed by atoms with Gasteiger partial charge in [0.05, 0.1) is 17.9 Å². The summed E-state index contributed by atoms with van der Waals surface area (Å²) in [6.45, 7) is 5.44. The molecular weight excluding hydrogens is 186 g/mol. The van der Waals surface area contributed by atoms with Crippen LogP contribution in [0.15, 0.2) is 29.0 Å². The Balaban J connectivity index is 2.91. The SMILES string of the molecule is C=CCN=C1SCC(O)=C1C(C)=O. The lowest BCUT2D eigenvalue weighted by Crippen LogP contribution is -2.05. The van der Waals surface area contributed by atoms with Crippen LogP contribution in [0.1, 0.15) is 6.92 Å². The Hall–Kier alpha value is -1.03. The first kappa shape index (κ1) is 10.1. The van der Waals surface area contributed by atoms with Crippen LogP contribution in [0.25, 0.3) is 0 Å². The summed E-state index contributed by atoms with van der Waals surface area (Å²) in [5, 5.41) is 9.99. The number of aliphatic imine (C=N–C) groups is 1. The molecule has 3 nitrogen and oxygen atoms in total. The highest BCUT2D eigenvalue weighted by Gasteiger charge is 2.24. The first-order valence-electron chi connectivity index (χ1n) is 3.88. The molecule has 0 bridgehead atoms. The number of hydrogen-bond acceptors (Lipinski definition) is 4. The van der Waals surface area contributed by atoms with E-state index < -0.39 is 0 Å². The van der Waals surface area contributed by atoms with E-state index in [9.17, 15) is 9.90 Å². The molecule has 0 amide bonds. The standard InChI is InChI=1S/C9H11NO2S/c1-3-4-10-9-8(6(2)11)7(12)5-13-9/h3,12H,1,4-5H2,2H3. The van der Waals surface area contributed by atoms with E-state index in [-0.39, 0.29) is 11.5 Å². The van der Waals surface area contributed by atoms with Crippen LogP contribution in [0.4, 0.5) is 0 Å². The Morgan fingerprint density at radius 2 is 2.54 bits per heavy atom. The predicted octanol–water partition coefficient (Wildman–Crippen LogP) is 1.72. The van der Waals surface area contributed by atoms with E-state index in [0.717, 1.165) is 0 Å². The lowest BCUT2D eigenvalue weighted by atomic mass is 10.2. The number of thioether (sulfide) groups is 1. The number of aliphatic hydroxyl groups excluding tert-OH is 1. The molecule has 0 aromatic heterocycles. The van der Waals surface area contributed by atoms with Crippen LogP contribution in [0.2, 0.25) is 0 Å². The van der Waals surface area contributed by atoms with Crippen molar-refractivity contribution in [3.05, 3.63) is 24.0 Å². The van der Waals surface area contributed by atoms with Crippen molar-refractivity contribution in [1.82, 2.24) is 0 Å². The Labute approximate surface area is 81.2 Å². The predicted molar refractivity (Wildman–Crippen MR) is 55.3 cm³/mol. The summed E-state index contributed by atoms with van der Waals surface area (Å²) in [5.74, 6) is 0.455. The third kappa shape index (κ3) is 2.21. The maximum atomic E-state index is 11.1. The second kappa shape index (κ2) is 4.28.